The van der Waals surface area contributed by atoms with Crippen LogP contribution in [0, 0.1) is 5.41 Å². The van der Waals surface area contributed by atoms with Crippen molar-refractivity contribution in [3.8, 4) is 5.75 Å². The molecule has 1 fully saturated rings. The van der Waals surface area contributed by atoms with E-state index < -0.39 is 22.4 Å². The molecule has 136 valence electrons. The first-order valence-corrected chi connectivity index (χ1v) is 9.04. The van der Waals surface area contributed by atoms with Gasteiger partial charge in [-0.15, -0.1) is 0 Å². The van der Waals surface area contributed by atoms with Gasteiger partial charge < -0.3 is 14.4 Å². The second-order valence-electron chi connectivity index (χ2n) is 7.14. The van der Waals surface area contributed by atoms with Gasteiger partial charge in [0, 0.05) is 32.2 Å². The summed E-state index contributed by atoms with van der Waals surface area (Å²) in [5, 5.41) is 0. The summed E-state index contributed by atoms with van der Waals surface area (Å²) >= 11 is 0. The lowest BCUT2D eigenvalue weighted by Gasteiger charge is -2.68. The molecule has 1 amide bonds. The minimum atomic E-state index is -1.22. The molecular formula is C20H27NO4. The number of methoxy groups -OCH3 is 1. The maximum atomic E-state index is 13.5. The van der Waals surface area contributed by atoms with E-state index in [0.717, 1.165) is 5.56 Å². The molecule has 3 rings (SSSR count). The number of hydrogen-bond donors (Lipinski definition) is 0. The molecule has 25 heavy (non-hydrogen) atoms. The fourth-order valence-corrected chi connectivity index (χ4v) is 5.25. The van der Waals surface area contributed by atoms with Gasteiger partial charge in [-0.2, -0.15) is 0 Å². The van der Waals surface area contributed by atoms with E-state index in [0.29, 0.717) is 31.7 Å². The van der Waals surface area contributed by atoms with Gasteiger partial charge in [0.1, 0.15) is 5.75 Å². The standard InChI is InChI=1S/C20H27NO4/c1-6-20-14-11-9-10-12-15(14)25-17(23)19(20,13-18(20,4)24-5)16(22)21(7-2)8-3/h9-12H,6-8,13H2,1-5H3/t18-,19+,20-/m0/s1. The van der Waals surface area contributed by atoms with Crippen molar-refractivity contribution in [1.29, 1.82) is 0 Å². The number of hydrogen-bond acceptors (Lipinski definition) is 4. The minimum Gasteiger partial charge on any atom is -0.425 e. The highest BCUT2D eigenvalue weighted by molar-refractivity contribution is 6.09. The van der Waals surface area contributed by atoms with Gasteiger partial charge in [-0.3, -0.25) is 9.59 Å². The monoisotopic (exact) mass is 345 g/mol. The number of benzene rings is 1. The number of amides is 1. The largest absolute Gasteiger partial charge is 0.425 e. The van der Waals surface area contributed by atoms with E-state index in [2.05, 4.69) is 0 Å². The first-order valence-electron chi connectivity index (χ1n) is 9.04. The molecule has 0 N–H and O–H groups in total. The summed E-state index contributed by atoms with van der Waals surface area (Å²) in [5.74, 6) is -0.0480. The third-order valence-electron chi connectivity index (χ3n) is 6.53. The SMILES string of the molecule is CCN(CC)C(=O)[C@@]12C[C@](C)(OC)[C@]1(CC)c1ccccc1OC2=O. The van der Waals surface area contributed by atoms with E-state index >= 15 is 0 Å². The van der Waals surface area contributed by atoms with E-state index in [1.807, 2.05) is 45.9 Å². The highest BCUT2D eigenvalue weighted by Gasteiger charge is 2.81. The Balaban J connectivity index is 2.28. The molecular weight excluding hydrogens is 318 g/mol. The van der Waals surface area contributed by atoms with Crippen molar-refractivity contribution < 1.29 is 19.1 Å². The van der Waals surface area contributed by atoms with Crippen LogP contribution in [-0.2, 0) is 19.7 Å². The Morgan fingerprint density at radius 2 is 1.88 bits per heavy atom. The van der Waals surface area contributed by atoms with Crippen molar-refractivity contribution >= 4 is 11.9 Å². The number of fused-ring (bicyclic) bond motifs is 3. The lowest BCUT2D eigenvalue weighted by atomic mass is 9.37. The minimum absolute atomic E-state index is 0.145. The Kier molecular flexibility index (Phi) is 4.18. The Labute approximate surface area is 149 Å². The van der Waals surface area contributed by atoms with Gasteiger partial charge in [0.25, 0.3) is 0 Å². The number of esters is 1. The van der Waals surface area contributed by atoms with Crippen LogP contribution < -0.4 is 4.74 Å². The normalized spacial score (nSPS) is 32.9. The third kappa shape index (κ3) is 1.87. The van der Waals surface area contributed by atoms with Crippen molar-refractivity contribution in [2.24, 2.45) is 5.41 Å². The average Bonchev–Trinajstić information content (AvgIpc) is 2.61. The van der Waals surface area contributed by atoms with Crippen LogP contribution in [0.5, 0.6) is 5.75 Å². The van der Waals surface area contributed by atoms with Gasteiger partial charge in [0.15, 0.2) is 5.41 Å². The van der Waals surface area contributed by atoms with Crippen LogP contribution in [0.25, 0.3) is 0 Å². The summed E-state index contributed by atoms with van der Waals surface area (Å²) < 4.78 is 11.5. The number of para-hydroxylation sites is 1. The van der Waals surface area contributed by atoms with Crippen molar-refractivity contribution in [2.75, 3.05) is 20.2 Å². The van der Waals surface area contributed by atoms with Crippen LogP contribution in [0.1, 0.15) is 46.1 Å². The molecule has 5 heteroatoms. The summed E-state index contributed by atoms with van der Waals surface area (Å²) in [5.41, 5.74) is -1.64. The van der Waals surface area contributed by atoms with Gasteiger partial charge in [0.05, 0.1) is 11.0 Å². The number of ether oxygens (including phenoxy) is 2. The molecule has 0 unspecified atom stereocenters. The number of rotatable bonds is 5. The Morgan fingerprint density at radius 3 is 2.44 bits per heavy atom. The van der Waals surface area contributed by atoms with Crippen molar-refractivity contribution in [2.45, 2.75) is 51.6 Å². The summed E-state index contributed by atoms with van der Waals surface area (Å²) in [6.07, 6.45) is 0.962. The molecule has 0 saturated heterocycles. The number of carbonyl (C=O) groups excluding carboxylic acids is 2. The van der Waals surface area contributed by atoms with Gasteiger partial charge in [-0.25, -0.2) is 0 Å². The summed E-state index contributed by atoms with van der Waals surface area (Å²) in [4.78, 5) is 28.4. The molecule has 0 radical (unpaired) electrons. The molecule has 0 bridgehead atoms. The maximum absolute atomic E-state index is 13.5. The Bertz CT molecular complexity index is 713. The molecule has 3 atom stereocenters. The molecule has 2 aliphatic rings. The Hall–Kier alpha value is -1.88. The highest BCUT2D eigenvalue weighted by Crippen LogP contribution is 2.70. The maximum Gasteiger partial charge on any atom is 0.328 e. The zero-order valence-electron chi connectivity index (χ0n) is 15.7. The zero-order valence-corrected chi connectivity index (χ0v) is 15.7. The van der Waals surface area contributed by atoms with Crippen LogP contribution in [0.2, 0.25) is 0 Å². The van der Waals surface area contributed by atoms with Crippen molar-refractivity contribution in [3.63, 3.8) is 0 Å². The lowest BCUT2D eigenvalue weighted by Crippen LogP contribution is -2.80. The van der Waals surface area contributed by atoms with Gasteiger partial charge in [0.2, 0.25) is 5.91 Å². The van der Waals surface area contributed by atoms with E-state index in [1.165, 1.54) is 0 Å². The predicted octanol–water partition coefficient (Wildman–Crippen LogP) is 2.92. The first-order chi connectivity index (χ1) is 11.9. The quantitative estimate of drug-likeness (QED) is 0.468. The van der Waals surface area contributed by atoms with Crippen LogP contribution in [-0.4, -0.2) is 42.6 Å². The third-order valence-corrected chi connectivity index (χ3v) is 6.53. The number of nitrogens with zero attached hydrogens (tertiary/aromatic N) is 1. The van der Waals surface area contributed by atoms with Crippen LogP contribution in [0.4, 0.5) is 0 Å². The highest BCUT2D eigenvalue weighted by atomic mass is 16.5. The molecule has 0 spiro atoms. The number of carbonyl (C=O) groups is 2. The van der Waals surface area contributed by atoms with Crippen LogP contribution in [0.15, 0.2) is 24.3 Å². The fraction of sp³-hybridized carbons (Fsp3) is 0.600. The zero-order chi connectivity index (χ0) is 18.5. The van der Waals surface area contributed by atoms with Crippen LogP contribution in [0.3, 0.4) is 0 Å². The van der Waals surface area contributed by atoms with Gasteiger partial charge in [-0.1, -0.05) is 25.1 Å². The molecule has 0 aromatic heterocycles. The Morgan fingerprint density at radius 1 is 1.24 bits per heavy atom. The van der Waals surface area contributed by atoms with Crippen molar-refractivity contribution in [1.82, 2.24) is 4.90 Å². The van der Waals surface area contributed by atoms with E-state index in [1.54, 1.807) is 18.1 Å². The molecule has 1 aromatic carbocycles. The van der Waals surface area contributed by atoms with Gasteiger partial charge >= 0.3 is 5.97 Å². The van der Waals surface area contributed by atoms with Gasteiger partial charge in [-0.05, 0) is 33.3 Å². The first kappa shape index (κ1) is 17.9. The molecule has 1 aromatic rings. The molecule has 5 nitrogen and oxygen atoms in total. The topological polar surface area (TPSA) is 55.8 Å². The smallest absolute Gasteiger partial charge is 0.328 e. The second-order valence-corrected chi connectivity index (χ2v) is 7.14. The second kappa shape index (κ2) is 5.84. The molecule has 1 saturated carbocycles. The lowest BCUT2D eigenvalue weighted by molar-refractivity contribution is -0.239. The average molecular weight is 345 g/mol. The molecule has 1 aliphatic carbocycles. The molecule has 1 heterocycles. The van der Waals surface area contributed by atoms with E-state index in [4.69, 9.17) is 9.47 Å². The van der Waals surface area contributed by atoms with E-state index in [-0.39, 0.29) is 5.91 Å². The predicted molar refractivity (Wildman–Crippen MR) is 94.4 cm³/mol. The summed E-state index contributed by atoms with van der Waals surface area (Å²) in [7, 11) is 1.66. The summed E-state index contributed by atoms with van der Waals surface area (Å²) in [6, 6.07) is 7.53. The summed E-state index contributed by atoms with van der Waals surface area (Å²) in [6.45, 7) is 9.02. The van der Waals surface area contributed by atoms with Crippen molar-refractivity contribution in [3.05, 3.63) is 29.8 Å². The molecule has 1 aliphatic heterocycles. The van der Waals surface area contributed by atoms with E-state index in [9.17, 15) is 9.59 Å². The van der Waals surface area contributed by atoms with Crippen LogP contribution >= 0.6 is 0 Å². The fourth-order valence-electron chi connectivity index (χ4n) is 5.25.